The summed E-state index contributed by atoms with van der Waals surface area (Å²) in [6.07, 6.45) is 5.44. The summed E-state index contributed by atoms with van der Waals surface area (Å²) in [5, 5.41) is 12.5. The Kier molecular flexibility index (Phi) is 3.73. The highest BCUT2D eigenvalue weighted by Gasteiger charge is 2.43. The minimum Gasteiger partial charge on any atom is -0.480 e. The van der Waals surface area contributed by atoms with Gasteiger partial charge in [0, 0.05) is 12.6 Å². The van der Waals surface area contributed by atoms with E-state index in [1.54, 1.807) is 0 Å². The third-order valence-corrected chi connectivity index (χ3v) is 4.11. The summed E-state index contributed by atoms with van der Waals surface area (Å²) in [7, 11) is 0. The average Bonchev–Trinajstić information content (AvgIpc) is 2.23. The predicted octanol–water partition coefficient (Wildman–Crippen LogP) is 1.79. The maximum absolute atomic E-state index is 11.2. The molecule has 0 radical (unpaired) electrons. The Hall–Kier alpha value is -0.610. The molecule has 4 nitrogen and oxygen atoms in total. The van der Waals surface area contributed by atoms with Gasteiger partial charge in [0.2, 0.25) is 0 Å². The van der Waals surface area contributed by atoms with Crippen LogP contribution in [-0.4, -0.2) is 35.4 Å². The summed E-state index contributed by atoms with van der Waals surface area (Å²) in [4.78, 5) is 11.2. The van der Waals surface area contributed by atoms with Crippen LogP contribution in [0.15, 0.2) is 0 Å². The molecule has 0 aromatic carbocycles. The van der Waals surface area contributed by atoms with E-state index in [1.807, 2.05) is 13.8 Å². The van der Waals surface area contributed by atoms with E-state index in [2.05, 4.69) is 5.32 Å². The summed E-state index contributed by atoms with van der Waals surface area (Å²) in [5.74, 6) is -0.623. The molecule has 4 heteroatoms. The lowest BCUT2D eigenvalue weighted by Gasteiger charge is -2.47. The summed E-state index contributed by atoms with van der Waals surface area (Å²) >= 11 is 0. The summed E-state index contributed by atoms with van der Waals surface area (Å²) < 4.78 is 5.85. The standard InChI is InChI=1S/C13H23NO3/c1-9(2)11(12(15)16)14-10-4-7-17-13(8-10)5-3-6-13/h9-11,14H,3-8H2,1-2H3,(H,15,16). The summed E-state index contributed by atoms with van der Waals surface area (Å²) in [5.41, 5.74) is 0.0793. The molecule has 0 amide bonds. The van der Waals surface area contributed by atoms with Gasteiger partial charge in [-0.1, -0.05) is 13.8 Å². The molecule has 1 heterocycles. The predicted molar refractivity (Wildman–Crippen MR) is 65.0 cm³/mol. The van der Waals surface area contributed by atoms with Gasteiger partial charge in [-0.15, -0.1) is 0 Å². The molecule has 0 aromatic rings. The third-order valence-electron chi connectivity index (χ3n) is 4.11. The van der Waals surface area contributed by atoms with Crippen LogP contribution in [0.4, 0.5) is 0 Å². The first-order chi connectivity index (χ1) is 8.02. The van der Waals surface area contributed by atoms with Crippen molar-refractivity contribution in [2.75, 3.05) is 6.61 Å². The van der Waals surface area contributed by atoms with E-state index < -0.39 is 12.0 Å². The molecule has 1 aliphatic heterocycles. The van der Waals surface area contributed by atoms with E-state index in [1.165, 1.54) is 6.42 Å². The Morgan fingerprint density at radius 2 is 2.18 bits per heavy atom. The first-order valence-corrected chi connectivity index (χ1v) is 6.65. The second-order valence-electron chi connectivity index (χ2n) is 5.80. The summed E-state index contributed by atoms with van der Waals surface area (Å²) in [6, 6.07) is -0.136. The van der Waals surface area contributed by atoms with Gasteiger partial charge in [-0.25, -0.2) is 0 Å². The number of carbonyl (C=O) groups is 1. The number of rotatable bonds is 4. The van der Waals surface area contributed by atoms with Gasteiger partial charge in [0.05, 0.1) is 5.60 Å². The molecule has 17 heavy (non-hydrogen) atoms. The van der Waals surface area contributed by atoms with Crippen LogP contribution >= 0.6 is 0 Å². The van der Waals surface area contributed by atoms with Crippen LogP contribution in [0.2, 0.25) is 0 Å². The van der Waals surface area contributed by atoms with Gasteiger partial charge in [-0.05, 0) is 38.0 Å². The van der Waals surface area contributed by atoms with Gasteiger partial charge in [0.15, 0.2) is 0 Å². The second-order valence-corrected chi connectivity index (χ2v) is 5.80. The second kappa shape index (κ2) is 4.94. The van der Waals surface area contributed by atoms with Gasteiger partial charge in [-0.3, -0.25) is 4.79 Å². The van der Waals surface area contributed by atoms with Crippen LogP contribution in [0.25, 0.3) is 0 Å². The van der Waals surface area contributed by atoms with E-state index in [0.29, 0.717) is 6.04 Å². The zero-order valence-corrected chi connectivity index (χ0v) is 10.7. The SMILES string of the molecule is CC(C)C(NC1CCOC2(CCC2)C1)C(=O)O. The average molecular weight is 241 g/mol. The molecule has 2 atom stereocenters. The van der Waals surface area contributed by atoms with Crippen molar-refractivity contribution in [1.29, 1.82) is 0 Å². The zero-order chi connectivity index (χ0) is 12.5. The number of ether oxygens (including phenoxy) is 1. The maximum atomic E-state index is 11.2. The van der Waals surface area contributed by atoms with Crippen LogP contribution in [-0.2, 0) is 9.53 Å². The maximum Gasteiger partial charge on any atom is 0.320 e. The number of aliphatic carboxylic acids is 1. The number of carboxylic acid groups (broad SMARTS) is 1. The molecular weight excluding hydrogens is 218 g/mol. The lowest BCUT2D eigenvalue weighted by atomic mass is 9.73. The van der Waals surface area contributed by atoms with Gasteiger partial charge < -0.3 is 15.2 Å². The molecule has 0 bridgehead atoms. The highest BCUT2D eigenvalue weighted by molar-refractivity contribution is 5.73. The first kappa shape index (κ1) is 12.8. The van der Waals surface area contributed by atoms with E-state index in [4.69, 9.17) is 4.74 Å². The van der Waals surface area contributed by atoms with Crippen molar-refractivity contribution in [3.63, 3.8) is 0 Å². The van der Waals surface area contributed by atoms with E-state index >= 15 is 0 Å². The lowest BCUT2D eigenvalue weighted by Crippen LogP contribution is -2.55. The van der Waals surface area contributed by atoms with Crippen molar-refractivity contribution in [1.82, 2.24) is 5.32 Å². The number of nitrogens with one attached hydrogen (secondary N) is 1. The fraction of sp³-hybridized carbons (Fsp3) is 0.923. The molecule has 1 saturated heterocycles. The van der Waals surface area contributed by atoms with E-state index in [9.17, 15) is 9.90 Å². The largest absolute Gasteiger partial charge is 0.480 e. The van der Waals surface area contributed by atoms with Gasteiger partial charge in [0.25, 0.3) is 0 Å². The fourth-order valence-corrected chi connectivity index (χ4v) is 2.89. The summed E-state index contributed by atoms with van der Waals surface area (Å²) in [6.45, 7) is 4.66. The molecule has 2 fully saturated rings. The van der Waals surface area contributed by atoms with Crippen LogP contribution in [0.1, 0.15) is 46.0 Å². The quantitative estimate of drug-likeness (QED) is 0.788. The van der Waals surface area contributed by atoms with Crippen molar-refractivity contribution < 1.29 is 14.6 Å². The Labute approximate surface area is 103 Å². The van der Waals surface area contributed by atoms with Crippen LogP contribution in [0.5, 0.6) is 0 Å². The molecule has 1 saturated carbocycles. The van der Waals surface area contributed by atoms with Gasteiger partial charge in [0.1, 0.15) is 6.04 Å². The highest BCUT2D eigenvalue weighted by Crippen LogP contribution is 2.42. The van der Waals surface area contributed by atoms with Crippen molar-refractivity contribution in [2.45, 2.75) is 63.6 Å². The molecular formula is C13H23NO3. The molecule has 1 spiro atoms. The monoisotopic (exact) mass is 241 g/mol. The molecule has 98 valence electrons. The number of hydrogen-bond donors (Lipinski definition) is 2. The normalized spacial score (nSPS) is 29.0. The highest BCUT2D eigenvalue weighted by atomic mass is 16.5. The molecule has 2 rings (SSSR count). The minimum atomic E-state index is -0.742. The van der Waals surface area contributed by atoms with Crippen molar-refractivity contribution in [3.05, 3.63) is 0 Å². The van der Waals surface area contributed by atoms with Crippen LogP contribution in [0.3, 0.4) is 0 Å². The van der Waals surface area contributed by atoms with E-state index in [0.717, 1.165) is 32.3 Å². The fourth-order valence-electron chi connectivity index (χ4n) is 2.89. The smallest absolute Gasteiger partial charge is 0.320 e. The minimum absolute atomic E-state index is 0.0793. The Morgan fingerprint density at radius 3 is 2.65 bits per heavy atom. The van der Waals surface area contributed by atoms with Crippen molar-refractivity contribution in [2.24, 2.45) is 5.92 Å². The topological polar surface area (TPSA) is 58.6 Å². The molecule has 1 aliphatic carbocycles. The van der Waals surface area contributed by atoms with Gasteiger partial charge >= 0.3 is 5.97 Å². The zero-order valence-electron chi connectivity index (χ0n) is 10.7. The number of carboxylic acids is 1. The Balaban J connectivity index is 1.91. The lowest BCUT2D eigenvalue weighted by molar-refractivity contribution is -0.147. The third kappa shape index (κ3) is 2.80. The van der Waals surface area contributed by atoms with Crippen molar-refractivity contribution >= 4 is 5.97 Å². The molecule has 2 unspecified atom stereocenters. The molecule has 0 aromatic heterocycles. The van der Waals surface area contributed by atoms with E-state index in [-0.39, 0.29) is 11.5 Å². The first-order valence-electron chi connectivity index (χ1n) is 6.65. The number of hydrogen-bond acceptors (Lipinski definition) is 3. The molecule has 2 aliphatic rings. The Bertz CT molecular complexity index is 286. The van der Waals surface area contributed by atoms with Crippen LogP contribution in [0, 0.1) is 5.92 Å². The Morgan fingerprint density at radius 1 is 1.47 bits per heavy atom. The van der Waals surface area contributed by atoms with Crippen molar-refractivity contribution in [3.8, 4) is 0 Å². The van der Waals surface area contributed by atoms with Crippen LogP contribution < -0.4 is 5.32 Å². The van der Waals surface area contributed by atoms with Gasteiger partial charge in [-0.2, -0.15) is 0 Å². The molecule has 2 N–H and O–H groups in total.